The second kappa shape index (κ2) is 6.94. The maximum Gasteiger partial charge on any atom is 0.291 e. The number of benzene rings is 2. The number of carbonyl (C=O) groups is 1. The molecule has 0 fully saturated rings. The van der Waals surface area contributed by atoms with Gasteiger partial charge in [0, 0.05) is 16.6 Å². The van der Waals surface area contributed by atoms with E-state index < -0.39 is 5.82 Å². The number of rotatable bonds is 4. The Morgan fingerprint density at radius 1 is 1.00 bits per heavy atom. The minimum Gasteiger partial charge on any atom is -0.448 e. The second-order valence-corrected chi connectivity index (χ2v) is 7.25. The van der Waals surface area contributed by atoms with E-state index in [0.29, 0.717) is 10.9 Å². The van der Waals surface area contributed by atoms with Gasteiger partial charge >= 0.3 is 0 Å². The highest BCUT2D eigenvalue weighted by molar-refractivity contribution is 6.07. The number of anilines is 1. The fourth-order valence-corrected chi connectivity index (χ4v) is 3.29. The summed E-state index contributed by atoms with van der Waals surface area (Å²) in [5.41, 5.74) is 3.73. The maximum absolute atomic E-state index is 14.0. The normalized spacial score (nSPS) is 11.5. The molecule has 1 heterocycles. The Morgan fingerprint density at radius 2 is 1.58 bits per heavy atom. The molecule has 0 unspecified atom stereocenters. The molecule has 0 radical (unpaired) electrons. The van der Waals surface area contributed by atoms with E-state index in [1.165, 1.54) is 6.07 Å². The highest BCUT2D eigenvalue weighted by atomic mass is 19.1. The zero-order valence-electron chi connectivity index (χ0n) is 15.8. The van der Waals surface area contributed by atoms with Crippen molar-refractivity contribution >= 4 is 22.6 Å². The number of furan rings is 1. The van der Waals surface area contributed by atoms with Gasteiger partial charge in [0.25, 0.3) is 5.91 Å². The number of hydrogen-bond acceptors (Lipinski definition) is 2. The van der Waals surface area contributed by atoms with Crippen LogP contribution in [0.15, 0.2) is 40.8 Å². The molecular weight excluding hydrogens is 329 g/mol. The summed E-state index contributed by atoms with van der Waals surface area (Å²) in [6.45, 7) is 10.2. The van der Waals surface area contributed by atoms with Gasteiger partial charge in [-0.15, -0.1) is 0 Å². The van der Waals surface area contributed by atoms with Crippen molar-refractivity contribution in [2.45, 2.75) is 46.5 Å². The van der Waals surface area contributed by atoms with Crippen LogP contribution in [0.2, 0.25) is 0 Å². The third-order valence-corrected chi connectivity index (χ3v) is 4.73. The summed E-state index contributed by atoms with van der Waals surface area (Å²) in [6.07, 6.45) is 0. The van der Waals surface area contributed by atoms with Crippen LogP contribution in [-0.4, -0.2) is 5.91 Å². The van der Waals surface area contributed by atoms with Gasteiger partial charge in [-0.05, 0) is 36.0 Å². The second-order valence-electron chi connectivity index (χ2n) is 7.25. The van der Waals surface area contributed by atoms with Gasteiger partial charge in [-0.25, -0.2) is 4.39 Å². The minimum atomic E-state index is -0.463. The Hall–Kier alpha value is -2.62. The molecule has 3 nitrogen and oxygen atoms in total. The summed E-state index contributed by atoms with van der Waals surface area (Å²) >= 11 is 0. The Morgan fingerprint density at radius 3 is 2.12 bits per heavy atom. The third kappa shape index (κ3) is 3.12. The number of carbonyl (C=O) groups excluding carboxylic acids is 1. The van der Waals surface area contributed by atoms with Crippen molar-refractivity contribution in [2.24, 2.45) is 0 Å². The monoisotopic (exact) mass is 353 g/mol. The first-order valence-corrected chi connectivity index (χ1v) is 8.93. The predicted molar refractivity (Wildman–Crippen MR) is 103 cm³/mol. The van der Waals surface area contributed by atoms with Crippen molar-refractivity contribution in [2.75, 3.05) is 5.32 Å². The highest BCUT2D eigenvalue weighted by Crippen LogP contribution is 2.34. The number of amides is 1. The minimum absolute atomic E-state index is 0.122. The van der Waals surface area contributed by atoms with E-state index >= 15 is 0 Å². The number of fused-ring (bicyclic) bond motifs is 1. The van der Waals surface area contributed by atoms with Crippen LogP contribution >= 0.6 is 0 Å². The van der Waals surface area contributed by atoms with Gasteiger partial charge in [-0.3, -0.25) is 4.79 Å². The number of aryl methyl sites for hydroxylation is 1. The molecule has 3 rings (SSSR count). The molecular formula is C22H24FNO2. The van der Waals surface area contributed by atoms with Crippen LogP contribution in [0.5, 0.6) is 0 Å². The molecule has 0 aliphatic carbocycles. The molecule has 3 aromatic rings. The van der Waals surface area contributed by atoms with E-state index in [-0.39, 0.29) is 29.1 Å². The molecule has 1 amide bonds. The molecule has 0 spiro atoms. The molecule has 0 saturated heterocycles. The van der Waals surface area contributed by atoms with Crippen LogP contribution in [0, 0.1) is 12.7 Å². The molecule has 0 aliphatic heterocycles. The lowest BCUT2D eigenvalue weighted by Gasteiger charge is -2.19. The van der Waals surface area contributed by atoms with Crippen LogP contribution < -0.4 is 5.32 Å². The van der Waals surface area contributed by atoms with Gasteiger partial charge in [0.15, 0.2) is 17.2 Å². The molecule has 0 atom stereocenters. The fraction of sp³-hybridized carbons (Fsp3) is 0.318. The van der Waals surface area contributed by atoms with Gasteiger partial charge in [-0.2, -0.15) is 0 Å². The standard InChI is InChI=1S/C22H24FNO2/c1-12(2)15-8-6-9-16(13(3)4)19(15)24-22(25)20-14(5)17-10-7-11-18(23)21(17)26-20/h6-13H,1-5H3,(H,24,25). The van der Waals surface area contributed by atoms with Crippen molar-refractivity contribution in [1.29, 1.82) is 0 Å². The summed E-state index contributed by atoms with van der Waals surface area (Å²) in [4.78, 5) is 12.9. The van der Waals surface area contributed by atoms with E-state index in [4.69, 9.17) is 4.42 Å². The van der Waals surface area contributed by atoms with Crippen LogP contribution in [0.25, 0.3) is 11.0 Å². The van der Waals surface area contributed by atoms with Crippen LogP contribution in [0.4, 0.5) is 10.1 Å². The lowest BCUT2D eigenvalue weighted by molar-refractivity contribution is 0.0997. The largest absolute Gasteiger partial charge is 0.448 e. The average Bonchev–Trinajstić information content (AvgIpc) is 2.93. The molecule has 1 aromatic heterocycles. The van der Waals surface area contributed by atoms with Gasteiger partial charge < -0.3 is 9.73 Å². The molecule has 26 heavy (non-hydrogen) atoms. The first kappa shape index (κ1) is 18.2. The quantitative estimate of drug-likeness (QED) is 0.591. The summed E-state index contributed by atoms with van der Waals surface area (Å²) in [5.74, 6) is -0.141. The topological polar surface area (TPSA) is 42.2 Å². The van der Waals surface area contributed by atoms with Crippen molar-refractivity contribution in [3.63, 3.8) is 0 Å². The Bertz CT molecular complexity index is 943. The van der Waals surface area contributed by atoms with Crippen molar-refractivity contribution in [1.82, 2.24) is 0 Å². The fourth-order valence-electron chi connectivity index (χ4n) is 3.29. The van der Waals surface area contributed by atoms with Gasteiger partial charge in [0.05, 0.1) is 0 Å². The zero-order valence-corrected chi connectivity index (χ0v) is 15.8. The van der Waals surface area contributed by atoms with E-state index in [9.17, 15) is 9.18 Å². The Balaban J connectivity index is 2.06. The molecule has 4 heteroatoms. The smallest absolute Gasteiger partial charge is 0.291 e. The lowest BCUT2D eigenvalue weighted by Crippen LogP contribution is -2.16. The van der Waals surface area contributed by atoms with E-state index in [0.717, 1.165) is 16.8 Å². The number of halogens is 1. The average molecular weight is 353 g/mol. The summed E-state index contributed by atoms with van der Waals surface area (Å²) < 4.78 is 19.6. The first-order chi connectivity index (χ1) is 12.3. The van der Waals surface area contributed by atoms with Crippen LogP contribution in [-0.2, 0) is 0 Å². The summed E-state index contributed by atoms with van der Waals surface area (Å²) in [5, 5.41) is 3.65. The van der Waals surface area contributed by atoms with Gasteiger partial charge in [0.2, 0.25) is 0 Å². The lowest BCUT2D eigenvalue weighted by atomic mass is 9.92. The number of para-hydroxylation sites is 2. The highest BCUT2D eigenvalue weighted by Gasteiger charge is 2.22. The van der Waals surface area contributed by atoms with E-state index in [2.05, 4.69) is 33.0 Å². The van der Waals surface area contributed by atoms with E-state index in [1.807, 2.05) is 18.2 Å². The first-order valence-electron chi connectivity index (χ1n) is 8.93. The molecule has 0 saturated carbocycles. The summed E-state index contributed by atoms with van der Waals surface area (Å²) in [6, 6.07) is 10.8. The third-order valence-electron chi connectivity index (χ3n) is 4.73. The molecule has 136 valence electrons. The van der Waals surface area contributed by atoms with Crippen molar-refractivity contribution < 1.29 is 13.6 Å². The van der Waals surface area contributed by atoms with E-state index in [1.54, 1.807) is 19.1 Å². The van der Waals surface area contributed by atoms with Crippen LogP contribution in [0.3, 0.4) is 0 Å². The Labute approximate surface area is 153 Å². The van der Waals surface area contributed by atoms with Gasteiger partial charge in [0.1, 0.15) is 0 Å². The molecule has 0 aliphatic rings. The predicted octanol–water partition coefficient (Wildman–Crippen LogP) is 6.38. The SMILES string of the molecule is Cc1c(C(=O)Nc2c(C(C)C)cccc2C(C)C)oc2c(F)cccc12. The zero-order chi connectivity index (χ0) is 19.0. The summed E-state index contributed by atoms with van der Waals surface area (Å²) in [7, 11) is 0. The number of hydrogen-bond donors (Lipinski definition) is 1. The van der Waals surface area contributed by atoms with Crippen molar-refractivity contribution in [3.8, 4) is 0 Å². The molecule has 1 N–H and O–H groups in total. The van der Waals surface area contributed by atoms with Gasteiger partial charge in [-0.1, -0.05) is 58.0 Å². The Kier molecular flexibility index (Phi) is 4.86. The molecule has 2 aromatic carbocycles. The van der Waals surface area contributed by atoms with Crippen LogP contribution in [0.1, 0.15) is 66.8 Å². The number of nitrogens with one attached hydrogen (secondary N) is 1. The maximum atomic E-state index is 14.0. The molecule has 0 bridgehead atoms. The van der Waals surface area contributed by atoms with Crippen molar-refractivity contribution in [3.05, 3.63) is 64.7 Å².